The lowest BCUT2D eigenvalue weighted by Crippen LogP contribution is -2.36. The Morgan fingerprint density at radius 2 is 2.14 bits per heavy atom. The quantitative estimate of drug-likeness (QED) is 0.847. The van der Waals surface area contributed by atoms with Crippen molar-refractivity contribution in [2.45, 2.75) is 39.8 Å². The van der Waals surface area contributed by atoms with Crippen LogP contribution in [0.1, 0.15) is 36.8 Å². The van der Waals surface area contributed by atoms with Gasteiger partial charge in [-0.2, -0.15) is 4.98 Å². The summed E-state index contributed by atoms with van der Waals surface area (Å²) in [5.74, 6) is 1.88. The highest BCUT2D eigenvalue weighted by Crippen LogP contribution is 2.04. The van der Waals surface area contributed by atoms with E-state index in [1.54, 1.807) is 14.0 Å². The largest absolute Gasteiger partial charge is 0.424 e. The first-order chi connectivity index (χ1) is 10.1. The van der Waals surface area contributed by atoms with Crippen LogP contribution in [0.4, 0.5) is 4.79 Å². The molecule has 0 atom stereocenters. The molecule has 0 radical (unpaired) electrons. The van der Waals surface area contributed by atoms with Gasteiger partial charge in [-0.25, -0.2) is 4.79 Å². The zero-order valence-electron chi connectivity index (χ0n) is 12.3. The molecule has 114 valence electrons. The number of urea groups is 1. The number of rotatable bonds is 6. The van der Waals surface area contributed by atoms with Crippen LogP contribution in [0, 0.1) is 6.92 Å². The molecule has 9 nitrogen and oxygen atoms in total. The Balaban J connectivity index is 1.81. The minimum atomic E-state index is -0.291. The third-order valence-corrected chi connectivity index (χ3v) is 2.66. The van der Waals surface area contributed by atoms with E-state index in [4.69, 9.17) is 8.94 Å². The van der Waals surface area contributed by atoms with Gasteiger partial charge in [0.25, 0.3) is 0 Å². The number of nitrogens with zero attached hydrogens (tertiary/aromatic N) is 5. The lowest BCUT2D eigenvalue weighted by atomic mass is 10.3. The molecule has 2 rings (SSSR count). The second-order valence-electron chi connectivity index (χ2n) is 4.58. The normalized spacial score (nSPS) is 10.6. The molecule has 9 heteroatoms. The Labute approximate surface area is 121 Å². The molecule has 2 aromatic heterocycles. The van der Waals surface area contributed by atoms with E-state index in [-0.39, 0.29) is 19.1 Å². The van der Waals surface area contributed by atoms with Crippen molar-refractivity contribution in [3.05, 3.63) is 23.5 Å². The summed E-state index contributed by atoms with van der Waals surface area (Å²) >= 11 is 0. The maximum atomic E-state index is 11.9. The number of carbonyl (C=O) groups excluding carboxylic acids is 1. The number of aryl methyl sites for hydroxylation is 2. The number of amides is 2. The van der Waals surface area contributed by atoms with E-state index in [0.717, 1.165) is 12.8 Å². The fourth-order valence-corrected chi connectivity index (χ4v) is 1.65. The Kier molecular flexibility index (Phi) is 4.85. The summed E-state index contributed by atoms with van der Waals surface area (Å²) in [7, 11) is 1.64. The van der Waals surface area contributed by atoms with Gasteiger partial charge < -0.3 is 19.2 Å². The van der Waals surface area contributed by atoms with Crippen molar-refractivity contribution < 1.29 is 13.7 Å². The van der Waals surface area contributed by atoms with Crippen LogP contribution in [-0.4, -0.2) is 38.3 Å². The predicted octanol–water partition coefficient (Wildman–Crippen LogP) is 1.06. The summed E-state index contributed by atoms with van der Waals surface area (Å²) in [5.41, 5.74) is 0. The molecular formula is C12H18N6O3. The molecule has 2 heterocycles. The smallest absolute Gasteiger partial charge is 0.318 e. The second kappa shape index (κ2) is 6.82. The molecule has 1 N–H and O–H groups in total. The summed E-state index contributed by atoms with van der Waals surface area (Å²) in [6.45, 7) is 4.14. The van der Waals surface area contributed by atoms with Gasteiger partial charge in [-0.05, 0) is 6.42 Å². The van der Waals surface area contributed by atoms with E-state index < -0.39 is 0 Å². The van der Waals surface area contributed by atoms with Crippen molar-refractivity contribution in [2.75, 3.05) is 7.05 Å². The van der Waals surface area contributed by atoms with Crippen molar-refractivity contribution >= 4 is 6.03 Å². The van der Waals surface area contributed by atoms with E-state index in [1.165, 1.54) is 4.90 Å². The third-order valence-electron chi connectivity index (χ3n) is 2.66. The third kappa shape index (κ3) is 4.26. The standard InChI is InChI=1S/C12H18N6O3/c1-4-5-9-14-11(21-17-9)7-18(3)12(19)13-6-10-16-15-8(2)20-10/h4-7H2,1-3H3,(H,13,19). The maximum absolute atomic E-state index is 11.9. The summed E-state index contributed by atoms with van der Waals surface area (Å²) in [6.07, 6.45) is 1.70. The second-order valence-corrected chi connectivity index (χ2v) is 4.58. The van der Waals surface area contributed by atoms with Crippen molar-refractivity contribution in [1.29, 1.82) is 0 Å². The number of aromatic nitrogens is 4. The Bertz CT molecular complexity index is 593. The number of hydrogen-bond acceptors (Lipinski definition) is 7. The predicted molar refractivity (Wildman–Crippen MR) is 71.0 cm³/mol. The van der Waals surface area contributed by atoms with E-state index in [2.05, 4.69) is 25.7 Å². The molecule has 2 amide bonds. The minimum absolute atomic E-state index is 0.176. The molecule has 0 saturated carbocycles. The molecule has 0 spiro atoms. The fraction of sp³-hybridized carbons (Fsp3) is 0.583. The molecule has 0 bridgehead atoms. The summed E-state index contributed by atoms with van der Waals surface area (Å²) < 4.78 is 10.2. The van der Waals surface area contributed by atoms with Gasteiger partial charge in [0.05, 0.1) is 6.54 Å². The molecule has 0 aliphatic rings. The Hall–Kier alpha value is -2.45. The van der Waals surface area contributed by atoms with Crippen molar-refractivity contribution in [1.82, 2.24) is 30.6 Å². The average molecular weight is 294 g/mol. The molecule has 2 aromatic rings. The number of hydrogen-bond donors (Lipinski definition) is 1. The van der Waals surface area contributed by atoms with Gasteiger partial charge in [-0.3, -0.25) is 0 Å². The van der Waals surface area contributed by atoms with Gasteiger partial charge in [-0.1, -0.05) is 12.1 Å². The maximum Gasteiger partial charge on any atom is 0.318 e. The highest BCUT2D eigenvalue weighted by molar-refractivity contribution is 5.73. The van der Waals surface area contributed by atoms with Crippen LogP contribution in [0.15, 0.2) is 8.94 Å². The van der Waals surface area contributed by atoms with Crippen LogP contribution < -0.4 is 5.32 Å². The molecule has 0 aliphatic carbocycles. The zero-order valence-corrected chi connectivity index (χ0v) is 12.3. The van der Waals surface area contributed by atoms with Crippen LogP contribution in [0.2, 0.25) is 0 Å². The van der Waals surface area contributed by atoms with Crippen LogP contribution in [0.25, 0.3) is 0 Å². The molecule has 0 fully saturated rings. The van der Waals surface area contributed by atoms with Gasteiger partial charge in [0.2, 0.25) is 17.7 Å². The zero-order chi connectivity index (χ0) is 15.2. The lowest BCUT2D eigenvalue weighted by Gasteiger charge is -2.14. The monoisotopic (exact) mass is 294 g/mol. The molecule has 0 aromatic carbocycles. The first-order valence-electron chi connectivity index (χ1n) is 6.68. The minimum Gasteiger partial charge on any atom is -0.424 e. The first-order valence-corrected chi connectivity index (χ1v) is 6.68. The van der Waals surface area contributed by atoms with Crippen molar-refractivity contribution in [3.63, 3.8) is 0 Å². The van der Waals surface area contributed by atoms with Gasteiger partial charge in [-0.15, -0.1) is 10.2 Å². The van der Waals surface area contributed by atoms with Crippen molar-refractivity contribution in [3.8, 4) is 0 Å². The Morgan fingerprint density at radius 1 is 1.33 bits per heavy atom. The van der Waals surface area contributed by atoms with Gasteiger partial charge >= 0.3 is 6.03 Å². The summed E-state index contributed by atoms with van der Waals surface area (Å²) in [4.78, 5) is 17.5. The molecule has 0 saturated heterocycles. The average Bonchev–Trinajstić information content (AvgIpc) is 3.06. The van der Waals surface area contributed by atoms with Gasteiger partial charge in [0, 0.05) is 20.4 Å². The topological polar surface area (TPSA) is 110 Å². The van der Waals surface area contributed by atoms with Crippen LogP contribution >= 0.6 is 0 Å². The van der Waals surface area contributed by atoms with Crippen LogP contribution in [-0.2, 0) is 19.5 Å². The molecule has 0 unspecified atom stereocenters. The molecule has 0 aliphatic heterocycles. The van der Waals surface area contributed by atoms with Crippen LogP contribution in [0.3, 0.4) is 0 Å². The van der Waals surface area contributed by atoms with E-state index in [0.29, 0.717) is 23.5 Å². The molecular weight excluding hydrogens is 276 g/mol. The highest BCUT2D eigenvalue weighted by Gasteiger charge is 2.14. The van der Waals surface area contributed by atoms with Gasteiger partial charge in [0.1, 0.15) is 6.54 Å². The van der Waals surface area contributed by atoms with E-state index in [9.17, 15) is 4.79 Å². The van der Waals surface area contributed by atoms with Gasteiger partial charge in [0.15, 0.2) is 5.82 Å². The van der Waals surface area contributed by atoms with E-state index in [1.807, 2.05) is 6.92 Å². The van der Waals surface area contributed by atoms with Crippen LogP contribution in [0.5, 0.6) is 0 Å². The van der Waals surface area contributed by atoms with E-state index >= 15 is 0 Å². The SMILES string of the molecule is CCCc1noc(CN(C)C(=O)NCc2nnc(C)o2)n1. The van der Waals surface area contributed by atoms with Crippen molar-refractivity contribution in [2.24, 2.45) is 0 Å². The summed E-state index contributed by atoms with van der Waals surface area (Å²) in [6, 6.07) is -0.291. The lowest BCUT2D eigenvalue weighted by molar-refractivity contribution is 0.198. The highest BCUT2D eigenvalue weighted by atomic mass is 16.5. The first kappa shape index (κ1) is 14.9. The molecule has 21 heavy (non-hydrogen) atoms. The number of carbonyl (C=O) groups is 1. The fourth-order valence-electron chi connectivity index (χ4n) is 1.65. The number of nitrogens with one attached hydrogen (secondary N) is 1. The Morgan fingerprint density at radius 3 is 2.81 bits per heavy atom. The summed E-state index contributed by atoms with van der Waals surface area (Å²) in [5, 5.41) is 14.0.